The number of hydrogen-bond donors (Lipinski definition) is 1. The third kappa shape index (κ3) is 2.65. The minimum atomic E-state index is -3.54. The largest absolute Gasteiger partial charge is 0.279 e. The van der Waals surface area contributed by atoms with Crippen molar-refractivity contribution in [3.05, 3.63) is 60.2 Å². The van der Waals surface area contributed by atoms with Gasteiger partial charge in [-0.05, 0) is 24.6 Å². The van der Waals surface area contributed by atoms with E-state index in [2.05, 4.69) is 10.8 Å². The van der Waals surface area contributed by atoms with Crippen molar-refractivity contribution in [3.8, 4) is 0 Å². The molecule has 1 radical (unpaired) electrons. The Morgan fingerprint density at radius 2 is 1.76 bits per heavy atom. The first kappa shape index (κ1) is 11.7. The first-order valence-corrected chi connectivity index (χ1v) is 6.63. The van der Waals surface area contributed by atoms with E-state index in [-0.39, 0.29) is 4.90 Å². The van der Waals surface area contributed by atoms with Crippen molar-refractivity contribution in [2.24, 2.45) is 0 Å². The van der Waals surface area contributed by atoms with E-state index < -0.39 is 10.0 Å². The molecule has 2 rings (SSSR count). The lowest BCUT2D eigenvalue weighted by Gasteiger charge is -2.09. The molecule has 0 aromatic heterocycles. The topological polar surface area (TPSA) is 46.2 Å². The van der Waals surface area contributed by atoms with E-state index in [1.807, 2.05) is 19.1 Å². The highest BCUT2D eigenvalue weighted by Crippen LogP contribution is 2.18. The van der Waals surface area contributed by atoms with Crippen molar-refractivity contribution in [1.29, 1.82) is 0 Å². The number of sulfonamides is 1. The summed E-state index contributed by atoms with van der Waals surface area (Å²) in [4.78, 5) is 0.142. The quantitative estimate of drug-likeness (QED) is 0.904. The number of benzene rings is 2. The third-order valence-corrected chi connectivity index (χ3v) is 3.68. The molecular weight excluding hydrogens is 234 g/mol. The van der Waals surface area contributed by atoms with Crippen molar-refractivity contribution in [3.63, 3.8) is 0 Å². The zero-order valence-electron chi connectivity index (χ0n) is 9.34. The molecule has 0 amide bonds. The summed E-state index contributed by atoms with van der Waals surface area (Å²) >= 11 is 0. The van der Waals surface area contributed by atoms with Crippen molar-refractivity contribution in [1.82, 2.24) is 0 Å². The second-order valence-corrected chi connectivity index (χ2v) is 5.30. The fourth-order valence-electron chi connectivity index (χ4n) is 1.43. The van der Waals surface area contributed by atoms with Crippen LogP contribution in [0, 0.1) is 13.0 Å². The molecule has 0 heterocycles. The molecule has 4 heteroatoms. The van der Waals surface area contributed by atoms with Crippen LogP contribution < -0.4 is 4.72 Å². The third-order valence-electron chi connectivity index (χ3n) is 2.36. The molecule has 0 fully saturated rings. The minimum Gasteiger partial charge on any atom is -0.279 e. The summed E-state index contributed by atoms with van der Waals surface area (Å²) < 4.78 is 26.6. The van der Waals surface area contributed by atoms with Gasteiger partial charge >= 0.3 is 0 Å². The van der Waals surface area contributed by atoms with Gasteiger partial charge in [-0.2, -0.15) is 0 Å². The first-order valence-electron chi connectivity index (χ1n) is 5.15. The average Bonchev–Trinajstić information content (AvgIpc) is 2.33. The number of rotatable bonds is 3. The molecule has 3 nitrogen and oxygen atoms in total. The first-order chi connectivity index (χ1) is 8.09. The molecule has 0 saturated carbocycles. The monoisotopic (exact) mass is 246 g/mol. The van der Waals surface area contributed by atoms with Gasteiger partial charge in [-0.25, -0.2) is 8.42 Å². The van der Waals surface area contributed by atoms with E-state index in [1.54, 1.807) is 30.3 Å². The lowest BCUT2D eigenvalue weighted by atomic mass is 10.2. The lowest BCUT2D eigenvalue weighted by Crippen LogP contribution is -2.13. The maximum Gasteiger partial charge on any atom is 0.262 e. The number of hydrogen-bond acceptors (Lipinski definition) is 2. The van der Waals surface area contributed by atoms with Crippen LogP contribution in [0.2, 0.25) is 0 Å². The van der Waals surface area contributed by atoms with E-state index in [1.165, 1.54) is 6.07 Å². The second kappa shape index (κ2) is 4.59. The highest BCUT2D eigenvalue weighted by Gasteiger charge is 2.14. The predicted octanol–water partition coefficient (Wildman–Crippen LogP) is 2.60. The average molecular weight is 246 g/mol. The molecule has 17 heavy (non-hydrogen) atoms. The fourth-order valence-corrected chi connectivity index (χ4v) is 2.54. The summed E-state index contributed by atoms with van der Waals surface area (Å²) in [7, 11) is -3.54. The molecular formula is C13H12NO2S. The van der Waals surface area contributed by atoms with Gasteiger partial charge in [-0.15, -0.1) is 0 Å². The fraction of sp³-hybridized carbons (Fsp3) is 0.0769. The van der Waals surface area contributed by atoms with Gasteiger partial charge in [0.25, 0.3) is 10.0 Å². The van der Waals surface area contributed by atoms with Crippen LogP contribution in [0.25, 0.3) is 0 Å². The zero-order chi connectivity index (χ0) is 12.3. The highest BCUT2D eigenvalue weighted by atomic mass is 32.2. The van der Waals surface area contributed by atoms with E-state index in [9.17, 15) is 8.42 Å². The highest BCUT2D eigenvalue weighted by molar-refractivity contribution is 7.92. The van der Waals surface area contributed by atoms with Crippen LogP contribution in [0.1, 0.15) is 5.56 Å². The van der Waals surface area contributed by atoms with Crippen LogP contribution in [-0.4, -0.2) is 8.42 Å². The molecule has 0 unspecified atom stereocenters. The molecule has 0 aliphatic carbocycles. The van der Waals surface area contributed by atoms with Crippen LogP contribution >= 0.6 is 0 Å². The normalized spacial score (nSPS) is 11.1. The van der Waals surface area contributed by atoms with E-state index >= 15 is 0 Å². The van der Waals surface area contributed by atoms with Gasteiger partial charge in [-0.3, -0.25) is 4.72 Å². The molecule has 0 atom stereocenters. The molecule has 0 bridgehead atoms. The van der Waals surface area contributed by atoms with E-state index in [4.69, 9.17) is 0 Å². The Hall–Kier alpha value is -1.81. The summed E-state index contributed by atoms with van der Waals surface area (Å²) in [5, 5.41) is 0. The van der Waals surface area contributed by atoms with E-state index in [0.717, 1.165) is 5.56 Å². The van der Waals surface area contributed by atoms with Crippen LogP contribution in [0.15, 0.2) is 53.4 Å². The van der Waals surface area contributed by atoms with Gasteiger partial charge in [0, 0.05) is 6.07 Å². The molecule has 0 spiro atoms. The van der Waals surface area contributed by atoms with Crippen LogP contribution in [-0.2, 0) is 10.0 Å². The number of para-hydroxylation sites is 1. The Balaban J connectivity index is 2.34. The van der Waals surface area contributed by atoms with Gasteiger partial charge in [0.1, 0.15) is 0 Å². The lowest BCUT2D eigenvalue weighted by molar-refractivity contribution is 0.601. The summed E-state index contributed by atoms with van der Waals surface area (Å²) in [5.74, 6) is 0. The maximum absolute atomic E-state index is 12.0. The smallest absolute Gasteiger partial charge is 0.262 e. The van der Waals surface area contributed by atoms with Gasteiger partial charge < -0.3 is 0 Å². The molecule has 1 N–H and O–H groups in total. The second-order valence-electron chi connectivity index (χ2n) is 3.65. The summed E-state index contributed by atoms with van der Waals surface area (Å²) in [6.45, 7) is 1.85. The van der Waals surface area contributed by atoms with Crippen molar-refractivity contribution < 1.29 is 8.42 Å². The summed E-state index contributed by atoms with van der Waals surface area (Å²) in [6.07, 6.45) is 0. The Kier molecular flexibility index (Phi) is 3.15. The van der Waals surface area contributed by atoms with Crippen LogP contribution in [0.4, 0.5) is 5.69 Å². The zero-order valence-corrected chi connectivity index (χ0v) is 10.2. The Labute approximate surface area is 101 Å². The van der Waals surface area contributed by atoms with Gasteiger partial charge in [0.05, 0.1) is 10.6 Å². The number of nitrogens with one attached hydrogen (secondary N) is 1. The molecule has 0 aliphatic heterocycles. The molecule has 2 aromatic carbocycles. The van der Waals surface area contributed by atoms with Crippen molar-refractivity contribution >= 4 is 15.7 Å². The summed E-state index contributed by atoms with van der Waals surface area (Å²) in [6, 6.07) is 16.4. The molecule has 2 aromatic rings. The SMILES string of the molecule is Cc1ccccc1NS(=O)(=O)c1[c]cccc1. The van der Waals surface area contributed by atoms with Crippen molar-refractivity contribution in [2.45, 2.75) is 11.8 Å². The molecule has 0 aliphatic rings. The van der Waals surface area contributed by atoms with Gasteiger partial charge in [-0.1, -0.05) is 36.4 Å². The van der Waals surface area contributed by atoms with E-state index in [0.29, 0.717) is 5.69 Å². The van der Waals surface area contributed by atoms with Crippen molar-refractivity contribution in [2.75, 3.05) is 4.72 Å². The van der Waals surface area contributed by atoms with Crippen LogP contribution in [0.5, 0.6) is 0 Å². The van der Waals surface area contributed by atoms with Gasteiger partial charge in [0.2, 0.25) is 0 Å². The number of anilines is 1. The van der Waals surface area contributed by atoms with Gasteiger partial charge in [0.15, 0.2) is 0 Å². The predicted molar refractivity (Wildman–Crippen MR) is 67.3 cm³/mol. The summed E-state index contributed by atoms with van der Waals surface area (Å²) in [5.41, 5.74) is 1.47. The number of aryl methyl sites for hydroxylation is 1. The van der Waals surface area contributed by atoms with Crippen LogP contribution in [0.3, 0.4) is 0 Å². The molecule has 0 saturated heterocycles. The Morgan fingerprint density at radius 3 is 2.41 bits per heavy atom. The Bertz CT molecular complexity index is 606. The standard InChI is InChI=1S/C13H12NO2S/c1-11-7-5-6-10-13(11)14-17(15,16)12-8-3-2-4-9-12/h2-8,10,14H,1H3. The minimum absolute atomic E-state index is 0.142. The Morgan fingerprint density at radius 1 is 1.06 bits per heavy atom. The molecule has 87 valence electrons. The maximum atomic E-state index is 12.0.